The van der Waals surface area contributed by atoms with Gasteiger partial charge in [0, 0.05) is 22.7 Å². The van der Waals surface area contributed by atoms with Crippen LogP contribution < -0.4 is 10.7 Å². The summed E-state index contributed by atoms with van der Waals surface area (Å²) in [6.45, 7) is 6.40. The SMILES string of the molecule is CC1=NN[C@H]2N[C@@H](c3ccc(Cl)cc3)C3=C(CC(C)(C)CC3=O)[C@@H]12. The summed E-state index contributed by atoms with van der Waals surface area (Å²) in [6.07, 6.45) is 1.58. The van der Waals surface area contributed by atoms with Gasteiger partial charge in [0.2, 0.25) is 0 Å². The highest BCUT2D eigenvalue weighted by Crippen LogP contribution is 2.47. The van der Waals surface area contributed by atoms with Gasteiger partial charge >= 0.3 is 0 Å². The van der Waals surface area contributed by atoms with E-state index in [0.717, 1.165) is 23.3 Å². The second kappa shape index (κ2) is 5.43. The van der Waals surface area contributed by atoms with Crippen molar-refractivity contribution in [2.75, 3.05) is 0 Å². The number of fused-ring (bicyclic) bond motifs is 2. The van der Waals surface area contributed by atoms with Gasteiger partial charge in [-0.15, -0.1) is 0 Å². The third kappa shape index (κ3) is 2.49. The van der Waals surface area contributed by atoms with Crippen LogP contribution in [-0.2, 0) is 4.79 Å². The van der Waals surface area contributed by atoms with Gasteiger partial charge in [-0.3, -0.25) is 15.5 Å². The van der Waals surface area contributed by atoms with Crippen molar-refractivity contribution in [2.45, 2.75) is 45.8 Å². The molecule has 0 unspecified atom stereocenters. The number of benzene rings is 1. The van der Waals surface area contributed by atoms with Crippen LogP contribution in [0.3, 0.4) is 0 Å². The Morgan fingerprint density at radius 3 is 2.62 bits per heavy atom. The van der Waals surface area contributed by atoms with Crippen LogP contribution in [-0.4, -0.2) is 17.7 Å². The van der Waals surface area contributed by atoms with E-state index in [9.17, 15) is 4.79 Å². The topological polar surface area (TPSA) is 53.5 Å². The Hall–Kier alpha value is -1.65. The molecule has 3 aliphatic rings. The van der Waals surface area contributed by atoms with E-state index in [-0.39, 0.29) is 29.3 Å². The third-order valence-corrected chi connectivity index (χ3v) is 5.58. The van der Waals surface area contributed by atoms with Crippen LogP contribution >= 0.6 is 11.6 Å². The average molecular weight is 344 g/mol. The first-order valence-corrected chi connectivity index (χ1v) is 8.81. The predicted octanol–water partition coefficient (Wildman–Crippen LogP) is 3.59. The van der Waals surface area contributed by atoms with Crippen LogP contribution in [0.25, 0.3) is 0 Å². The number of hydrogen-bond acceptors (Lipinski definition) is 4. The molecule has 24 heavy (non-hydrogen) atoms. The molecule has 2 N–H and O–H groups in total. The first-order chi connectivity index (χ1) is 11.4. The van der Waals surface area contributed by atoms with Gasteiger partial charge in [0.1, 0.15) is 6.17 Å². The van der Waals surface area contributed by atoms with E-state index in [1.807, 2.05) is 31.2 Å². The fourth-order valence-corrected chi connectivity index (χ4v) is 4.46. The molecule has 4 rings (SSSR count). The molecule has 2 heterocycles. The number of rotatable bonds is 1. The molecule has 2 aliphatic heterocycles. The van der Waals surface area contributed by atoms with Gasteiger partial charge in [0.25, 0.3) is 0 Å². The summed E-state index contributed by atoms with van der Waals surface area (Å²) >= 11 is 6.03. The minimum Gasteiger partial charge on any atom is -0.294 e. The molecule has 1 aliphatic carbocycles. The van der Waals surface area contributed by atoms with E-state index in [0.29, 0.717) is 11.4 Å². The van der Waals surface area contributed by atoms with E-state index in [2.05, 4.69) is 29.7 Å². The monoisotopic (exact) mass is 343 g/mol. The smallest absolute Gasteiger partial charge is 0.161 e. The maximum Gasteiger partial charge on any atom is 0.161 e. The van der Waals surface area contributed by atoms with Crippen LogP contribution in [0.15, 0.2) is 40.5 Å². The quantitative estimate of drug-likeness (QED) is 0.819. The Bertz CT molecular complexity index is 763. The average Bonchev–Trinajstić information content (AvgIpc) is 2.87. The third-order valence-electron chi connectivity index (χ3n) is 5.33. The number of carbonyl (C=O) groups is 1. The molecule has 1 aromatic carbocycles. The summed E-state index contributed by atoms with van der Waals surface area (Å²) in [5.74, 6) is 0.430. The second-order valence-corrected chi connectivity index (χ2v) is 8.31. The van der Waals surface area contributed by atoms with Gasteiger partial charge < -0.3 is 0 Å². The van der Waals surface area contributed by atoms with Crippen molar-refractivity contribution in [1.29, 1.82) is 0 Å². The number of hydrogen-bond donors (Lipinski definition) is 2. The molecule has 0 fully saturated rings. The van der Waals surface area contributed by atoms with Crippen molar-refractivity contribution in [3.63, 3.8) is 0 Å². The van der Waals surface area contributed by atoms with E-state index >= 15 is 0 Å². The molecule has 0 amide bonds. The highest BCUT2D eigenvalue weighted by atomic mass is 35.5. The van der Waals surface area contributed by atoms with Gasteiger partial charge in [0.15, 0.2) is 5.78 Å². The molecule has 0 radical (unpaired) electrons. The number of halogens is 1. The molecule has 3 atom stereocenters. The van der Waals surface area contributed by atoms with E-state index in [1.54, 1.807) is 0 Å². The van der Waals surface area contributed by atoms with Crippen molar-refractivity contribution in [3.8, 4) is 0 Å². The first-order valence-electron chi connectivity index (χ1n) is 8.43. The van der Waals surface area contributed by atoms with Crippen LogP contribution in [0.2, 0.25) is 5.02 Å². The van der Waals surface area contributed by atoms with E-state index in [4.69, 9.17) is 11.6 Å². The summed E-state index contributed by atoms with van der Waals surface area (Å²) in [5.41, 5.74) is 7.53. The normalized spacial score (nSPS) is 31.2. The van der Waals surface area contributed by atoms with E-state index < -0.39 is 0 Å². The van der Waals surface area contributed by atoms with Crippen LogP contribution in [0.4, 0.5) is 0 Å². The van der Waals surface area contributed by atoms with Crippen molar-refractivity contribution >= 4 is 23.1 Å². The number of ketones is 1. The lowest BCUT2D eigenvalue weighted by Crippen LogP contribution is -2.52. The number of Topliss-reactive ketones (excluding diaryl/α,β-unsaturated/α-hetero) is 1. The van der Waals surface area contributed by atoms with Gasteiger partial charge in [-0.25, -0.2) is 0 Å². The molecule has 126 valence electrons. The summed E-state index contributed by atoms with van der Waals surface area (Å²) in [5, 5.41) is 8.72. The number of carbonyl (C=O) groups excluding carboxylic acids is 1. The molecule has 0 saturated carbocycles. The molecule has 5 heteroatoms. The minimum absolute atomic E-state index is 0.00518. The summed E-state index contributed by atoms with van der Waals surface area (Å²) in [4.78, 5) is 13.0. The Morgan fingerprint density at radius 2 is 1.92 bits per heavy atom. The van der Waals surface area contributed by atoms with Gasteiger partial charge in [-0.2, -0.15) is 5.10 Å². The fraction of sp³-hybridized carbons (Fsp3) is 0.474. The highest BCUT2D eigenvalue weighted by Gasteiger charge is 2.47. The summed E-state index contributed by atoms with van der Waals surface area (Å²) in [7, 11) is 0. The first kappa shape index (κ1) is 15.9. The Kier molecular flexibility index (Phi) is 3.59. The lowest BCUT2D eigenvalue weighted by atomic mass is 9.66. The largest absolute Gasteiger partial charge is 0.294 e. The molecule has 1 aromatic rings. The van der Waals surface area contributed by atoms with E-state index in [1.165, 1.54) is 5.57 Å². The predicted molar refractivity (Wildman–Crippen MR) is 95.9 cm³/mol. The standard InChI is InChI=1S/C19H22ClN3O/c1-10-15-13-8-19(2,3)9-14(24)16(13)17(21-18(15)23-22-10)11-4-6-12(20)7-5-11/h4-7,15,17-18,21,23H,8-9H2,1-3H3/t15-,17+,18-/m1/s1. The number of nitrogens with zero attached hydrogens (tertiary/aromatic N) is 1. The Balaban J connectivity index is 1.85. The molecule has 0 saturated heterocycles. The Morgan fingerprint density at radius 1 is 1.21 bits per heavy atom. The molecular weight excluding hydrogens is 322 g/mol. The van der Waals surface area contributed by atoms with Gasteiger partial charge in [-0.05, 0) is 42.0 Å². The van der Waals surface area contributed by atoms with Crippen LogP contribution in [0, 0.1) is 11.3 Å². The zero-order valence-electron chi connectivity index (χ0n) is 14.2. The lowest BCUT2D eigenvalue weighted by molar-refractivity contribution is -0.118. The number of hydrazone groups is 1. The van der Waals surface area contributed by atoms with Crippen molar-refractivity contribution in [3.05, 3.63) is 46.0 Å². The molecule has 0 bridgehead atoms. The molecule has 0 spiro atoms. The van der Waals surface area contributed by atoms with Crippen molar-refractivity contribution < 1.29 is 4.79 Å². The molecule has 0 aromatic heterocycles. The zero-order valence-corrected chi connectivity index (χ0v) is 14.9. The zero-order chi connectivity index (χ0) is 17.1. The number of nitrogens with one attached hydrogen (secondary N) is 2. The molecular formula is C19H22ClN3O. The Labute approximate surface area is 147 Å². The van der Waals surface area contributed by atoms with Crippen LogP contribution in [0.5, 0.6) is 0 Å². The minimum atomic E-state index is -0.101. The van der Waals surface area contributed by atoms with Crippen molar-refractivity contribution in [2.24, 2.45) is 16.4 Å². The maximum absolute atomic E-state index is 13.0. The van der Waals surface area contributed by atoms with Crippen molar-refractivity contribution in [1.82, 2.24) is 10.7 Å². The summed E-state index contributed by atoms with van der Waals surface area (Å²) in [6, 6.07) is 7.66. The fourth-order valence-electron chi connectivity index (χ4n) is 4.33. The summed E-state index contributed by atoms with van der Waals surface area (Å²) < 4.78 is 0. The van der Waals surface area contributed by atoms with Crippen LogP contribution in [0.1, 0.15) is 45.2 Å². The molecule has 4 nitrogen and oxygen atoms in total. The lowest BCUT2D eigenvalue weighted by Gasteiger charge is -2.43. The highest BCUT2D eigenvalue weighted by molar-refractivity contribution is 6.30. The van der Waals surface area contributed by atoms with Gasteiger partial charge in [0.05, 0.1) is 12.0 Å². The maximum atomic E-state index is 13.0. The second-order valence-electron chi connectivity index (χ2n) is 7.87. The van der Waals surface area contributed by atoms with Gasteiger partial charge in [-0.1, -0.05) is 37.6 Å².